The standard InChI is InChI=1S/C20H23ClN6/c1-27(2)12-6-11-23-20-25-18(15-7-5-10-22-14-15)13-19(26-20)24-17-9-4-3-8-16(17)21/h3-5,7-10,13-14H,6,11-12H2,1-2H3,(H2,23,24,25,26). The highest BCUT2D eigenvalue weighted by molar-refractivity contribution is 6.33. The maximum atomic E-state index is 6.27. The Morgan fingerprint density at radius 3 is 2.67 bits per heavy atom. The Balaban J connectivity index is 1.85. The first-order valence-electron chi connectivity index (χ1n) is 8.81. The van der Waals surface area contributed by atoms with Crippen molar-refractivity contribution >= 4 is 29.1 Å². The Morgan fingerprint density at radius 1 is 1.07 bits per heavy atom. The topological polar surface area (TPSA) is 66.0 Å². The van der Waals surface area contributed by atoms with Gasteiger partial charge in [-0.05, 0) is 51.3 Å². The van der Waals surface area contributed by atoms with E-state index < -0.39 is 0 Å². The van der Waals surface area contributed by atoms with Gasteiger partial charge in [0.2, 0.25) is 5.95 Å². The molecule has 2 N–H and O–H groups in total. The minimum atomic E-state index is 0.574. The van der Waals surface area contributed by atoms with Crippen molar-refractivity contribution in [3.05, 3.63) is 59.9 Å². The second-order valence-electron chi connectivity index (χ2n) is 6.39. The van der Waals surface area contributed by atoms with Gasteiger partial charge in [0.25, 0.3) is 0 Å². The van der Waals surface area contributed by atoms with Gasteiger partial charge in [0.05, 0.1) is 16.4 Å². The molecule has 0 amide bonds. The zero-order chi connectivity index (χ0) is 19.1. The van der Waals surface area contributed by atoms with Crippen LogP contribution in [0.15, 0.2) is 54.9 Å². The van der Waals surface area contributed by atoms with Gasteiger partial charge in [-0.3, -0.25) is 4.98 Å². The summed E-state index contributed by atoms with van der Waals surface area (Å²) in [5, 5.41) is 7.23. The van der Waals surface area contributed by atoms with Crippen molar-refractivity contribution in [2.24, 2.45) is 0 Å². The van der Waals surface area contributed by atoms with Crippen LogP contribution in [0.2, 0.25) is 5.02 Å². The molecule has 3 aromatic rings. The van der Waals surface area contributed by atoms with Crippen molar-refractivity contribution in [3.8, 4) is 11.3 Å². The second-order valence-corrected chi connectivity index (χ2v) is 6.80. The molecule has 0 aliphatic rings. The van der Waals surface area contributed by atoms with Crippen molar-refractivity contribution in [1.82, 2.24) is 19.9 Å². The van der Waals surface area contributed by atoms with Crippen molar-refractivity contribution in [1.29, 1.82) is 0 Å². The van der Waals surface area contributed by atoms with Crippen LogP contribution in [-0.2, 0) is 0 Å². The van der Waals surface area contributed by atoms with Gasteiger partial charge in [0.1, 0.15) is 5.82 Å². The maximum absolute atomic E-state index is 6.27. The quantitative estimate of drug-likeness (QED) is 0.566. The number of hydrogen-bond donors (Lipinski definition) is 2. The highest BCUT2D eigenvalue weighted by Gasteiger charge is 2.08. The van der Waals surface area contributed by atoms with E-state index in [0.29, 0.717) is 16.8 Å². The third-order valence-electron chi connectivity index (χ3n) is 3.89. The molecule has 2 aromatic heterocycles. The van der Waals surface area contributed by atoms with E-state index in [-0.39, 0.29) is 0 Å². The number of pyridine rings is 1. The molecule has 0 fully saturated rings. The minimum absolute atomic E-state index is 0.574. The first-order valence-corrected chi connectivity index (χ1v) is 9.19. The molecular formula is C20H23ClN6. The van der Waals surface area contributed by atoms with Crippen molar-refractivity contribution in [2.75, 3.05) is 37.8 Å². The molecule has 0 aliphatic carbocycles. The lowest BCUT2D eigenvalue weighted by atomic mass is 10.2. The summed E-state index contributed by atoms with van der Waals surface area (Å²) in [5.74, 6) is 1.25. The number of para-hydroxylation sites is 1. The van der Waals surface area contributed by atoms with E-state index in [9.17, 15) is 0 Å². The molecule has 140 valence electrons. The monoisotopic (exact) mass is 382 g/mol. The van der Waals surface area contributed by atoms with Crippen LogP contribution in [0, 0.1) is 0 Å². The molecule has 0 aliphatic heterocycles. The third-order valence-corrected chi connectivity index (χ3v) is 4.21. The molecule has 0 atom stereocenters. The second kappa shape index (κ2) is 9.30. The minimum Gasteiger partial charge on any atom is -0.354 e. The van der Waals surface area contributed by atoms with Crippen LogP contribution in [0.5, 0.6) is 0 Å². The van der Waals surface area contributed by atoms with Gasteiger partial charge >= 0.3 is 0 Å². The molecule has 3 rings (SSSR count). The number of benzene rings is 1. The van der Waals surface area contributed by atoms with Crippen LogP contribution in [-0.4, -0.2) is 47.0 Å². The van der Waals surface area contributed by atoms with E-state index in [4.69, 9.17) is 11.6 Å². The van der Waals surface area contributed by atoms with E-state index in [0.717, 1.165) is 36.5 Å². The Morgan fingerprint density at radius 2 is 1.93 bits per heavy atom. The lowest BCUT2D eigenvalue weighted by Crippen LogP contribution is -2.17. The number of rotatable bonds is 8. The van der Waals surface area contributed by atoms with E-state index in [1.807, 2.05) is 42.5 Å². The smallest absolute Gasteiger partial charge is 0.225 e. The molecule has 0 unspecified atom stereocenters. The fourth-order valence-electron chi connectivity index (χ4n) is 2.55. The lowest BCUT2D eigenvalue weighted by molar-refractivity contribution is 0.405. The van der Waals surface area contributed by atoms with Gasteiger partial charge < -0.3 is 15.5 Å². The molecule has 0 spiro atoms. The molecule has 0 saturated carbocycles. The van der Waals surface area contributed by atoms with Crippen LogP contribution in [0.3, 0.4) is 0 Å². The zero-order valence-corrected chi connectivity index (χ0v) is 16.2. The summed E-state index contributed by atoms with van der Waals surface area (Å²) >= 11 is 6.27. The van der Waals surface area contributed by atoms with Crippen molar-refractivity contribution < 1.29 is 0 Å². The zero-order valence-electron chi connectivity index (χ0n) is 15.5. The van der Waals surface area contributed by atoms with Gasteiger partial charge in [0, 0.05) is 30.6 Å². The van der Waals surface area contributed by atoms with Crippen molar-refractivity contribution in [2.45, 2.75) is 6.42 Å². The summed E-state index contributed by atoms with van der Waals surface area (Å²) in [7, 11) is 4.12. The summed E-state index contributed by atoms with van der Waals surface area (Å²) in [6.07, 6.45) is 4.53. The fraction of sp³-hybridized carbons (Fsp3) is 0.250. The highest BCUT2D eigenvalue weighted by Crippen LogP contribution is 2.27. The van der Waals surface area contributed by atoms with Gasteiger partial charge in [0.15, 0.2) is 0 Å². The maximum Gasteiger partial charge on any atom is 0.225 e. The average molecular weight is 383 g/mol. The van der Waals surface area contributed by atoms with Crippen LogP contribution in [0.25, 0.3) is 11.3 Å². The van der Waals surface area contributed by atoms with Gasteiger partial charge in [-0.15, -0.1) is 0 Å². The summed E-state index contributed by atoms with van der Waals surface area (Å²) in [6, 6.07) is 13.3. The molecule has 0 bridgehead atoms. The molecule has 0 radical (unpaired) electrons. The number of nitrogens with zero attached hydrogens (tertiary/aromatic N) is 4. The van der Waals surface area contributed by atoms with Crippen LogP contribution in [0.4, 0.5) is 17.5 Å². The summed E-state index contributed by atoms with van der Waals surface area (Å²) in [5.41, 5.74) is 2.52. The predicted octanol–water partition coefficient (Wildman–Crippen LogP) is 4.30. The summed E-state index contributed by atoms with van der Waals surface area (Å²) in [6.45, 7) is 1.79. The SMILES string of the molecule is CN(C)CCCNc1nc(Nc2ccccc2Cl)cc(-c2cccnc2)n1. The van der Waals surface area contributed by atoms with Crippen LogP contribution in [0.1, 0.15) is 6.42 Å². The number of anilines is 3. The Bertz CT molecular complexity index is 869. The molecule has 2 heterocycles. The largest absolute Gasteiger partial charge is 0.354 e. The average Bonchev–Trinajstić information content (AvgIpc) is 2.67. The highest BCUT2D eigenvalue weighted by atomic mass is 35.5. The Kier molecular flexibility index (Phi) is 6.57. The molecule has 7 heteroatoms. The molecule has 1 aromatic carbocycles. The first kappa shape index (κ1) is 19.1. The number of aromatic nitrogens is 3. The normalized spacial score (nSPS) is 10.8. The Hall–Kier alpha value is -2.70. The fourth-order valence-corrected chi connectivity index (χ4v) is 2.73. The number of halogens is 1. The predicted molar refractivity (Wildman–Crippen MR) is 112 cm³/mol. The lowest BCUT2D eigenvalue weighted by Gasteiger charge is -2.13. The number of nitrogens with one attached hydrogen (secondary N) is 2. The van der Waals surface area contributed by atoms with Gasteiger partial charge in [-0.25, -0.2) is 4.98 Å². The van der Waals surface area contributed by atoms with Crippen LogP contribution < -0.4 is 10.6 Å². The molecule has 0 saturated heterocycles. The molecular weight excluding hydrogens is 360 g/mol. The van der Waals surface area contributed by atoms with Crippen molar-refractivity contribution in [3.63, 3.8) is 0 Å². The van der Waals surface area contributed by atoms with E-state index in [2.05, 4.69) is 44.6 Å². The van der Waals surface area contributed by atoms with E-state index >= 15 is 0 Å². The molecule has 27 heavy (non-hydrogen) atoms. The molecule has 6 nitrogen and oxygen atoms in total. The number of hydrogen-bond acceptors (Lipinski definition) is 6. The Labute approximate surface area is 164 Å². The third kappa shape index (κ3) is 5.64. The first-order chi connectivity index (χ1) is 13.1. The van der Waals surface area contributed by atoms with E-state index in [1.54, 1.807) is 12.4 Å². The van der Waals surface area contributed by atoms with E-state index in [1.165, 1.54) is 0 Å². The summed E-state index contributed by atoms with van der Waals surface area (Å²) in [4.78, 5) is 15.6. The van der Waals surface area contributed by atoms with Gasteiger partial charge in [-0.2, -0.15) is 4.98 Å². The van der Waals surface area contributed by atoms with Crippen LogP contribution >= 0.6 is 11.6 Å². The summed E-state index contributed by atoms with van der Waals surface area (Å²) < 4.78 is 0. The van der Waals surface area contributed by atoms with Gasteiger partial charge in [-0.1, -0.05) is 23.7 Å².